The average molecular weight is 421 g/mol. The summed E-state index contributed by atoms with van der Waals surface area (Å²) in [4.78, 5) is 4.92. The Morgan fingerprint density at radius 1 is 0.774 bits per heavy atom. The van der Waals surface area contributed by atoms with Crippen molar-refractivity contribution in [1.29, 1.82) is 0 Å². The molecule has 1 fully saturated rings. The predicted molar refractivity (Wildman–Crippen MR) is 121 cm³/mol. The van der Waals surface area contributed by atoms with Gasteiger partial charge in [0.05, 0.1) is 13.2 Å². The quantitative estimate of drug-likeness (QED) is 0.531. The second-order valence-corrected chi connectivity index (χ2v) is 7.74. The first-order valence-electron chi connectivity index (χ1n) is 10.8. The molecule has 0 spiro atoms. The summed E-state index contributed by atoms with van der Waals surface area (Å²) in [6.07, 6.45) is 0. The number of rotatable bonds is 8. The SMILES string of the molecule is COc1ccccc1OCCN1CCN(C(c2ccccc2)c2ccc(F)cc2)CC1. The summed E-state index contributed by atoms with van der Waals surface area (Å²) in [7, 11) is 1.66. The number of halogens is 1. The first-order valence-corrected chi connectivity index (χ1v) is 10.8. The zero-order valence-corrected chi connectivity index (χ0v) is 17.9. The minimum Gasteiger partial charge on any atom is -0.493 e. The van der Waals surface area contributed by atoms with Crippen molar-refractivity contribution < 1.29 is 13.9 Å². The third-order valence-electron chi connectivity index (χ3n) is 5.81. The maximum atomic E-state index is 13.5. The Bertz CT molecular complexity index is 941. The Labute approximate surface area is 183 Å². The molecule has 5 heteroatoms. The van der Waals surface area contributed by atoms with E-state index in [9.17, 15) is 4.39 Å². The molecule has 0 saturated carbocycles. The van der Waals surface area contributed by atoms with Gasteiger partial charge in [0.25, 0.3) is 0 Å². The van der Waals surface area contributed by atoms with Gasteiger partial charge in [-0.15, -0.1) is 0 Å². The summed E-state index contributed by atoms with van der Waals surface area (Å²) < 4.78 is 24.8. The molecule has 0 bridgehead atoms. The standard InChI is InChI=1S/C26H29FN2O2/c1-30-24-9-5-6-10-25(24)31-20-19-28-15-17-29(18-16-28)26(21-7-3-2-4-8-21)22-11-13-23(27)14-12-22/h2-14,26H,15-20H2,1H3. The lowest BCUT2D eigenvalue weighted by atomic mass is 9.96. The van der Waals surface area contributed by atoms with Crippen LogP contribution in [0.25, 0.3) is 0 Å². The van der Waals surface area contributed by atoms with Crippen LogP contribution >= 0.6 is 0 Å². The van der Waals surface area contributed by atoms with Crippen molar-refractivity contribution in [3.05, 3.63) is 95.8 Å². The second kappa shape index (κ2) is 10.4. The Hall–Kier alpha value is -2.89. The average Bonchev–Trinajstić information content (AvgIpc) is 2.82. The van der Waals surface area contributed by atoms with E-state index in [0.29, 0.717) is 6.61 Å². The third kappa shape index (κ3) is 5.43. The number of hydrogen-bond acceptors (Lipinski definition) is 4. The van der Waals surface area contributed by atoms with Gasteiger partial charge in [0, 0.05) is 32.7 Å². The number of para-hydroxylation sites is 2. The van der Waals surface area contributed by atoms with E-state index >= 15 is 0 Å². The van der Waals surface area contributed by atoms with E-state index < -0.39 is 0 Å². The van der Waals surface area contributed by atoms with Crippen molar-refractivity contribution in [2.75, 3.05) is 46.4 Å². The second-order valence-electron chi connectivity index (χ2n) is 7.74. The molecule has 4 nitrogen and oxygen atoms in total. The summed E-state index contributed by atoms with van der Waals surface area (Å²) in [5.74, 6) is 1.34. The molecule has 1 unspecified atom stereocenters. The molecule has 1 aliphatic heterocycles. The number of piperazine rings is 1. The maximum absolute atomic E-state index is 13.5. The van der Waals surface area contributed by atoms with Gasteiger partial charge >= 0.3 is 0 Å². The predicted octanol–water partition coefficient (Wildman–Crippen LogP) is 4.62. The van der Waals surface area contributed by atoms with Crippen molar-refractivity contribution in [1.82, 2.24) is 9.80 Å². The van der Waals surface area contributed by atoms with Gasteiger partial charge in [-0.3, -0.25) is 9.80 Å². The molecule has 162 valence electrons. The Morgan fingerprint density at radius 3 is 2.06 bits per heavy atom. The van der Waals surface area contributed by atoms with Gasteiger partial charge in [0.1, 0.15) is 12.4 Å². The van der Waals surface area contributed by atoms with Crippen LogP contribution < -0.4 is 9.47 Å². The topological polar surface area (TPSA) is 24.9 Å². The molecule has 3 aromatic carbocycles. The van der Waals surface area contributed by atoms with Crippen LogP contribution in [0.2, 0.25) is 0 Å². The Kier molecular flexibility index (Phi) is 7.18. The molecule has 3 aromatic rings. The fourth-order valence-electron chi connectivity index (χ4n) is 4.16. The number of benzene rings is 3. The lowest BCUT2D eigenvalue weighted by Crippen LogP contribution is -2.48. The van der Waals surface area contributed by atoms with Crippen LogP contribution in [-0.2, 0) is 0 Å². The van der Waals surface area contributed by atoms with Gasteiger partial charge in [0.2, 0.25) is 0 Å². The fourth-order valence-corrected chi connectivity index (χ4v) is 4.16. The van der Waals surface area contributed by atoms with Crippen LogP contribution in [0.15, 0.2) is 78.9 Å². The highest BCUT2D eigenvalue weighted by Gasteiger charge is 2.26. The van der Waals surface area contributed by atoms with Crippen LogP contribution in [0.3, 0.4) is 0 Å². The summed E-state index contributed by atoms with van der Waals surface area (Å²) >= 11 is 0. The molecule has 0 amide bonds. The summed E-state index contributed by atoms with van der Waals surface area (Å²) in [6, 6.07) is 25.3. The van der Waals surface area contributed by atoms with Crippen molar-refractivity contribution in [2.45, 2.75) is 6.04 Å². The van der Waals surface area contributed by atoms with Gasteiger partial charge in [-0.05, 0) is 35.4 Å². The van der Waals surface area contributed by atoms with Crippen molar-refractivity contribution in [3.8, 4) is 11.5 Å². The summed E-state index contributed by atoms with van der Waals surface area (Å²) in [5, 5.41) is 0. The van der Waals surface area contributed by atoms with Gasteiger partial charge < -0.3 is 9.47 Å². The largest absolute Gasteiger partial charge is 0.493 e. The number of hydrogen-bond donors (Lipinski definition) is 0. The lowest BCUT2D eigenvalue weighted by molar-refractivity contribution is 0.0972. The van der Waals surface area contributed by atoms with Gasteiger partial charge in [-0.1, -0.05) is 54.6 Å². The minimum absolute atomic E-state index is 0.133. The normalized spacial score (nSPS) is 16.1. The first kappa shape index (κ1) is 21.3. The minimum atomic E-state index is -0.199. The van der Waals surface area contributed by atoms with Crippen molar-refractivity contribution in [3.63, 3.8) is 0 Å². The molecule has 0 aliphatic carbocycles. The summed E-state index contributed by atoms with van der Waals surface area (Å²) in [6.45, 7) is 5.34. The molecule has 1 atom stereocenters. The zero-order chi connectivity index (χ0) is 21.5. The van der Waals surface area contributed by atoms with Gasteiger partial charge in [0.15, 0.2) is 11.5 Å². The number of nitrogens with zero attached hydrogens (tertiary/aromatic N) is 2. The van der Waals surface area contributed by atoms with Crippen LogP contribution in [0.1, 0.15) is 17.2 Å². The molecule has 31 heavy (non-hydrogen) atoms. The van der Waals surface area contributed by atoms with Gasteiger partial charge in [-0.25, -0.2) is 4.39 Å². The van der Waals surface area contributed by atoms with E-state index in [1.807, 2.05) is 42.5 Å². The van der Waals surface area contributed by atoms with E-state index in [-0.39, 0.29) is 11.9 Å². The molecule has 1 heterocycles. The third-order valence-corrected chi connectivity index (χ3v) is 5.81. The molecule has 0 N–H and O–H groups in total. The van der Waals surface area contributed by atoms with Crippen molar-refractivity contribution >= 4 is 0 Å². The molecule has 1 saturated heterocycles. The van der Waals surface area contributed by atoms with E-state index in [1.165, 1.54) is 5.56 Å². The number of methoxy groups -OCH3 is 1. The van der Waals surface area contributed by atoms with Crippen LogP contribution in [0, 0.1) is 5.82 Å². The Balaban J connectivity index is 1.36. The highest BCUT2D eigenvalue weighted by atomic mass is 19.1. The summed E-state index contributed by atoms with van der Waals surface area (Å²) in [5.41, 5.74) is 2.36. The number of ether oxygens (including phenoxy) is 2. The lowest BCUT2D eigenvalue weighted by Gasteiger charge is -2.39. The Morgan fingerprint density at radius 2 is 1.39 bits per heavy atom. The molecule has 1 aliphatic rings. The van der Waals surface area contributed by atoms with E-state index in [0.717, 1.165) is 49.8 Å². The fraction of sp³-hybridized carbons (Fsp3) is 0.308. The molecular formula is C26H29FN2O2. The zero-order valence-electron chi connectivity index (χ0n) is 17.9. The van der Waals surface area contributed by atoms with E-state index in [1.54, 1.807) is 19.2 Å². The molecule has 4 rings (SSSR count). The maximum Gasteiger partial charge on any atom is 0.161 e. The van der Waals surface area contributed by atoms with E-state index in [4.69, 9.17) is 9.47 Å². The molecule has 0 radical (unpaired) electrons. The smallest absolute Gasteiger partial charge is 0.161 e. The molecular weight excluding hydrogens is 391 g/mol. The monoisotopic (exact) mass is 420 g/mol. The van der Waals surface area contributed by atoms with Crippen molar-refractivity contribution in [2.24, 2.45) is 0 Å². The van der Waals surface area contributed by atoms with Crippen LogP contribution in [0.5, 0.6) is 11.5 Å². The highest BCUT2D eigenvalue weighted by molar-refractivity contribution is 5.39. The van der Waals surface area contributed by atoms with E-state index in [2.05, 4.69) is 34.1 Å². The first-order chi connectivity index (χ1) is 15.2. The van der Waals surface area contributed by atoms with Gasteiger partial charge in [-0.2, -0.15) is 0 Å². The van der Waals surface area contributed by atoms with Crippen LogP contribution in [-0.4, -0.2) is 56.2 Å². The van der Waals surface area contributed by atoms with Crippen LogP contribution in [0.4, 0.5) is 4.39 Å². The molecule has 0 aromatic heterocycles. The highest BCUT2D eigenvalue weighted by Crippen LogP contribution is 2.30.